The molecule has 0 saturated carbocycles. The summed E-state index contributed by atoms with van der Waals surface area (Å²) in [7, 11) is 0. The molecule has 3 unspecified atom stereocenters. The molecule has 3 atom stereocenters. The lowest BCUT2D eigenvalue weighted by atomic mass is 9.91. The molecule has 3 rings (SSSR count). The number of hydrogen-bond acceptors (Lipinski definition) is 4. The molecule has 2 aliphatic rings. The van der Waals surface area contributed by atoms with Gasteiger partial charge in [-0.3, -0.25) is 20.4 Å². The van der Waals surface area contributed by atoms with Crippen molar-refractivity contribution in [3.05, 3.63) is 35.9 Å². The third kappa shape index (κ3) is 4.62. The van der Waals surface area contributed by atoms with E-state index in [1.165, 1.54) is 0 Å². The lowest BCUT2D eigenvalue weighted by Gasteiger charge is -2.34. The maximum atomic E-state index is 12.6. The van der Waals surface area contributed by atoms with Gasteiger partial charge in [-0.15, -0.1) is 0 Å². The van der Waals surface area contributed by atoms with Crippen LogP contribution < -0.4 is 16.2 Å². The van der Waals surface area contributed by atoms with Crippen LogP contribution in [-0.4, -0.2) is 42.4 Å². The molecule has 2 amide bonds. The van der Waals surface area contributed by atoms with Gasteiger partial charge in [-0.2, -0.15) is 0 Å². The first-order valence-corrected chi connectivity index (χ1v) is 9.66. The number of carbonyl (C=O) groups is 2. The Morgan fingerprint density at radius 1 is 1.23 bits per heavy atom. The van der Waals surface area contributed by atoms with Gasteiger partial charge in [0.2, 0.25) is 11.8 Å². The van der Waals surface area contributed by atoms with Gasteiger partial charge < -0.3 is 10.2 Å². The highest BCUT2D eigenvalue weighted by Gasteiger charge is 2.34. The molecule has 1 aromatic carbocycles. The van der Waals surface area contributed by atoms with Gasteiger partial charge in [0.15, 0.2) is 0 Å². The maximum Gasteiger partial charge on any atom is 0.228 e. The Labute approximate surface area is 155 Å². The van der Waals surface area contributed by atoms with Gasteiger partial charge in [0.1, 0.15) is 0 Å². The van der Waals surface area contributed by atoms with Crippen LogP contribution in [-0.2, 0) is 9.59 Å². The van der Waals surface area contributed by atoms with Crippen LogP contribution in [0.3, 0.4) is 0 Å². The third-order valence-corrected chi connectivity index (χ3v) is 5.65. The van der Waals surface area contributed by atoms with Gasteiger partial charge in [0, 0.05) is 32.1 Å². The van der Waals surface area contributed by atoms with E-state index >= 15 is 0 Å². The standard InChI is InChI=1S/C20H30N4O2/c1-14(17-6-4-3-5-7-17)22-19(25)12-16-8-10-24(11-9-16)20(26)18-13-21-23-15(18)2/h3-7,14-16,18,21,23H,8-13H2,1-2H3,(H,22,25). The lowest BCUT2D eigenvalue weighted by molar-refractivity contribution is -0.136. The third-order valence-electron chi connectivity index (χ3n) is 5.65. The van der Waals surface area contributed by atoms with Crippen LogP contribution in [0.25, 0.3) is 0 Å². The van der Waals surface area contributed by atoms with Gasteiger partial charge in [0.25, 0.3) is 0 Å². The Hall–Kier alpha value is -1.92. The highest BCUT2D eigenvalue weighted by atomic mass is 16.2. The molecule has 0 bridgehead atoms. The van der Waals surface area contributed by atoms with E-state index in [0.29, 0.717) is 18.9 Å². The molecule has 26 heavy (non-hydrogen) atoms. The van der Waals surface area contributed by atoms with Crippen LogP contribution in [0.2, 0.25) is 0 Å². The van der Waals surface area contributed by atoms with Crippen molar-refractivity contribution in [2.45, 2.75) is 45.2 Å². The molecule has 0 radical (unpaired) electrons. The zero-order valence-corrected chi connectivity index (χ0v) is 15.7. The molecule has 6 heteroatoms. The van der Waals surface area contributed by atoms with E-state index in [1.54, 1.807) is 0 Å². The summed E-state index contributed by atoms with van der Waals surface area (Å²) < 4.78 is 0. The highest BCUT2D eigenvalue weighted by molar-refractivity contribution is 5.80. The van der Waals surface area contributed by atoms with Crippen LogP contribution in [0.15, 0.2) is 30.3 Å². The summed E-state index contributed by atoms with van der Waals surface area (Å²) in [6.07, 6.45) is 2.35. The lowest BCUT2D eigenvalue weighted by Crippen LogP contribution is -2.45. The van der Waals surface area contributed by atoms with Crippen molar-refractivity contribution in [2.75, 3.05) is 19.6 Å². The molecule has 2 aliphatic heterocycles. The molecule has 0 spiro atoms. The van der Waals surface area contributed by atoms with E-state index < -0.39 is 0 Å². The van der Waals surface area contributed by atoms with E-state index in [0.717, 1.165) is 31.5 Å². The molecule has 6 nitrogen and oxygen atoms in total. The van der Waals surface area contributed by atoms with Crippen LogP contribution >= 0.6 is 0 Å². The van der Waals surface area contributed by atoms with E-state index in [9.17, 15) is 9.59 Å². The smallest absolute Gasteiger partial charge is 0.228 e. The number of nitrogens with zero attached hydrogens (tertiary/aromatic N) is 1. The van der Waals surface area contributed by atoms with Crippen molar-refractivity contribution in [3.63, 3.8) is 0 Å². The second-order valence-electron chi connectivity index (χ2n) is 7.59. The summed E-state index contributed by atoms with van der Waals surface area (Å²) in [6.45, 7) is 6.26. The number of carbonyl (C=O) groups excluding carboxylic acids is 2. The van der Waals surface area contributed by atoms with Crippen LogP contribution in [0.4, 0.5) is 0 Å². The van der Waals surface area contributed by atoms with Crippen molar-refractivity contribution in [1.29, 1.82) is 0 Å². The van der Waals surface area contributed by atoms with E-state index in [4.69, 9.17) is 0 Å². The van der Waals surface area contributed by atoms with E-state index in [1.807, 2.05) is 49.1 Å². The maximum absolute atomic E-state index is 12.6. The monoisotopic (exact) mass is 358 g/mol. The molecule has 1 aromatic rings. The minimum atomic E-state index is 0.0153. The van der Waals surface area contributed by atoms with E-state index in [-0.39, 0.29) is 29.8 Å². The summed E-state index contributed by atoms with van der Waals surface area (Å²) >= 11 is 0. The van der Waals surface area contributed by atoms with Crippen molar-refractivity contribution in [1.82, 2.24) is 21.1 Å². The number of likely N-dealkylation sites (tertiary alicyclic amines) is 1. The Morgan fingerprint density at radius 2 is 1.92 bits per heavy atom. The average molecular weight is 358 g/mol. The Morgan fingerprint density at radius 3 is 2.54 bits per heavy atom. The van der Waals surface area contributed by atoms with Crippen LogP contribution in [0, 0.1) is 11.8 Å². The topological polar surface area (TPSA) is 73.5 Å². The largest absolute Gasteiger partial charge is 0.350 e. The summed E-state index contributed by atoms with van der Waals surface area (Å²) in [5.41, 5.74) is 7.28. The van der Waals surface area contributed by atoms with Gasteiger partial charge in [0.05, 0.1) is 12.0 Å². The van der Waals surface area contributed by atoms with Crippen LogP contribution in [0.5, 0.6) is 0 Å². The average Bonchev–Trinajstić information content (AvgIpc) is 3.08. The molecule has 142 valence electrons. The molecule has 0 aliphatic carbocycles. The number of hydrazine groups is 1. The first-order chi connectivity index (χ1) is 12.5. The fraction of sp³-hybridized carbons (Fsp3) is 0.600. The Balaban J connectivity index is 1.42. The van der Waals surface area contributed by atoms with Gasteiger partial charge in [-0.1, -0.05) is 30.3 Å². The normalized spacial score (nSPS) is 25.1. The molecule has 2 fully saturated rings. The van der Waals surface area contributed by atoms with E-state index in [2.05, 4.69) is 16.2 Å². The fourth-order valence-electron chi connectivity index (χ4n) is 3.89. The molecular weight excluding hydrogens is 328 g/mol. The molecule has 0 aromatic heterocycles. The fourth-order valence-corrected chi connectivity index (χ4v) is 3.89. The predicted octanol–water partition coefficient (Wildman–Crippen LogP) is 1.61. The van der Waals surface area contributed by atoms with Crippen molar-refractivity contribution < 1.29 is 9.59 Å². The predicted molar refractivity (Wildman–Crippen MR) is 101 cm³/mol. The number of piperidine rings is 1. The Kier molecular flexibility index (Phi) is 6.27. The quantitative estimate of drug-likeness (QED) is 0.748. The second-order valence-corrected chi connectivity index (χ2v) is 7.59. The molecule has 3 N–H and O–H groups in total. The zero-order valence-electron chi connectivity index (χ0n) is 15.7. The summed E-state index contributed by atoms with van der Waals surface area (Å²) in [5, 5.41) is 3.09. The van der Waals surface area contributed by atoms with Gasteiger partial charge >= 0.3 is 0 Å². The second kappa shape index (κ2) is 8.64. The number of amides is 2. The van der Waals surface area contributed by atoms with Crippen molar-refractivity contribution in [3.8, 4) is 0 Å². The Bertz CT molecular complexity index is 613. The summed E-state index contributed by atoms with van der Waals surface area (Å²) in [6, 6.07) is 10.2. The number of hydrogen-bond donors (Lipinski definition) is 3. The molecule has 2 saturated heterocycles. The SMILES string of the molecule is CC(NC(=O)CC1CCN(C(=O)C2CNNC2C)CC1)c1ccccc1. The highest BCUT2D eigenvalue weighted by Crippen LogP contribution is 2.23. The number of rotatable bonds is 5. The van der Waals surface area contributed by atoms with Crippen LogP contribution in [0.1, 0.15) is 44.7 Å². The first-order valence-electron chi connectivity index (χ1n) is 9.66. The summed E-state index contributed by atoms with van der Waals surface area (Å²) in [5.74, 6) is 0.709. The van der Waals surface area contributed by atoms with Gasteiger partial charge in [-0.25, -0.2) is 0 Å². The number of nitrogens with one attached hydrogen (secondary N) is 3. The first kappa shape index (κ1) is 18.9. The zero-order chi connectivity index (χ0) is 18.5. The molecular formula is C20H30N4O2. The minimum Gasteiger partial charge on any atom is -0.350 e. The minimum absolute atomic E-state index is 0.0153. The molecule has 2 heterocycles. The summed E-state index contributed by atoms with van der Waals surface area (Å²) in [4.78, 5) is 26.9. The number of benzene rings is 1. The van der Waals surface area contributed by atoms with Crippen molar-refractivity contribution >= 4 is 11.8 Å². The van der Waals surface area contributed by atoms with Gasteiger partial charge in [-0.05, 0) is 38.2 Å². The van der Waals surface area contributed by atoms with Crippen molar-refractivity contribution in [2.24, 2.45) is 11.8 Å².